The Morgan fingerprint density at radius 1 is 1.05 bits per heavy atom. The molecule has 1 saturated carbocycles. The first-order valence-electron chi connectivity index (χ1n) is 8.46. The molecule has 1 spiro atoms. The largest absolute Gasteiger partial charge is 0.493 e. The second kappa shape index (κ2) is 5.62. The number of hydrogen-bond acceptors (Lipinski definition) is 3. The third-order valence-corrected chi connectivity index (χ3v) is 5.40. The zero-order chi connectivity index (χ0) is 14.1. The maximum Gasteiger partial charge on any atom is 0.124 e. The van der Waals surface area contributed by atoms with Crippen molar-refractivity contribution in [2.75, 3.05) is 13.2 Å². The van der Waals surface area contributed by atoms with E-state index in [0.717, 1.165) is 31.8 Å². The second-order valence-corrected chi connectivity index (χ2v) is 6.82. The van der Waals surface area contributed by atoms with E-state index in [1.54, 1.807) is 0 Å². The number of hydrogen-bond donors (Lipinski definition) is 1. The SMILES string of the molecule is c1ccc2c(c1)OCCC2NC1CCOC2(CCCC2)C1. The molecule has 0 bridgehead atoms. The molecule has 4 rings (SSSR count). The number of rotatable bonds is 2. The van der Waals surface area contributed by atoms with Crippen LogP contribution in [0.5, 0.6) is 5.75 Å². The molecule has 0 radical (unpaired) electrons. The van der Waals surface area contributed by atoms with E-state index in [4.69, 9.17) is 9.47 Å². The van der Waals surface area contributed by atoms with Gasteiger partial charge in [0, 0.05) is 30.7 Å². The molecule has 2 aliphatic heterocycles. The lowest BCUT2D eigenvalue weighted by atomic mass is 9.87. The highest BCUT2D eigenvalue weighted by atomic mass is 16.5. The van der Waals surface area contributed by atoms with Gasteiger partial charge in [0.1, 0.15) is 5.75 Å². The fraction of sp³-hybridized carbons (Fsp3) is 0.667. The predicted molar refractivity (Wildman–Crippen MR) is 82.6 cm³/mol. The highest BCUT2D eigenvalue weighted by molar-refractivity contribution is 5.37. The summed E-state index contributed by atoms with van der Waals surface area (Å²) in [7, 11) is 0. The average molecular weight is 287 g/mol. The normalized spacial score (nSPS) is 30.9. The second-order valence-electron chi connectivity index (χ2n) is 6.82. The Bertz CT molecular complexity index is 496. The Labute approximate surface area is 127 Å². The van der Waals surface area contributed by atoms with Crippen LogP contribution in [-0.2, 0) is 4.74 Å². The number of fused-ring (bicyclic) bond motifs is 1. The highest BCUT2D eigenvalue weighted by Gasteiger charge is 2.40. The maximum absolute atomic E-state index is 6.15. The Morgan fingerprint density at radius 3 is 2.81 bits per heavy atom. The third-order valence-electron chi connectivity index (χ3n) is 5.40. The molecule has 3 aliphatic rings. The van der Waals surface area contributed by atoms with E-state index in [-0.39, 0.29) is 5.60 Å². The topological polar surface area (TPSA) is 30.5 Å². The molecular formula is C18H25NO2. The van der Waals surface area contributed by atoms with Gasteiger partial charge in [-0.15, -0.1) is 0 Å². The van der Waals surface area contributed by atoms with Crippen LogP contribution < -0.4 is 10.1 Å². The van der Waals surface area contributed by atoms with E-state index < -0.39 is 0 Å². The summed E-state index contributed by atoms with van der Waals surface area (Å²) in [5, 5.41) is 3.91. The van der Waals surface area contributed by atoms with Gasteiger partial charge in [-0.2, -0.15) is 0 Å². The maximum atomic E-state index is 6.15. The molecule has 3 nitrogen and oxygen atoms in total. The van der Waals surface area contributed by atoms with Crippen molar-refractivity contribution in [3.05, 3.63) is 29.8 Å². The summed E-state index contributed by atoms with van der Waals surface area (Å²) in [5.74, 6) is 1.06. The van der Waals surface area contributed by atoms with Gasteiger partial charge < -0.3 is 14.8 Å². The zero-order valence-electron chi connectivity index (χ0n) is 12.6. The number of nitrogens with one attached hydrogen (secondary N) is 1. The van der Waals surface area contributed by atoms with Gasteiger partial charge in [0.15, 0.2) is 0 Å². The van der Waals surface area contributed by atoms with Crippen LogP contribution in [0.2, 0.25) is 0 Å². The smallest absolute Gasteiger partial charge is 0.124 e. The molecule has 0 amide bonds. The average Bonchev–Trinajstić information content (AvgIpc) is 2.95. The van der Waals surface area contributed by atoms with Gasteiger partial charge in [-0.3, -0.25) is 0 Å². The molecule has 1 aliphatic carbocycles. The van der Waals surface area contributed by atoms with Crippen molar-refractivity contribution in [1.29, 1.82) is 0 Å². The standard InChI is InChI=1S/C18H25NO2/c1-2-6-17-15(5-1)16(8-11-20-17)19-14-7-12-21-18(13-14)9-3-4-10-18/h1-2,5-6,14,16,19H,3-4,7-13H2. The highest BCUT2D eigenvalue weighted by Crippen LogP contribution is 2.41. The minimum Gasteiger partial charge on any atom is -0.493 e. The predicted octanol–water partition coefficient (Wildman–Crippen LogP) is 3.59. The van der Waals surface area contributed by atoms with Crippen molar-refractivity contribution in [2.45, 2.75) is 62.6 Å². The fourth-order valence-corrected chi connectivity index (χ4v) is 4.34. The van der Waals surface area contributed by atoms with Crippen molar-refractivity contribution >= 4 is 0 Å². The van der Waals surface area contributed by atoms with Gasteiger partial charge in [-0.05, 0) is 31.7 Å². The van der Waals surface area contributed by atoms with Crippen LogP contribution in [0.25, 0.3) is 0 Å². The lowest BCUT2D eigenvalue weighted by Gasteiger charge is -2.40. The summed E-state index contributed by atoms with van der Waals surface area (Å²) in [6, 6.07) is 9.50. The lowest BCUT2D eigenvalue weighted by molar-refractivity contribution is -0.0851. The van der Waals surface area contributed by atoms with E-state index in [1.807, 2.05) is 0 Å². The summed E-state index contributed by atoms with van der Waals surface area (Å²) >= 11 is 0. The minimum atomic E-state index is 0.195. The lowest BCUT2D eigenvalue weighted by Crippen LogP contribution is -2.47. The number of benzene rings is 1. The number of para-hydroxylation sites is 1. The van der Waals surface area contributed by atoms with Gasteiger partial charge in [-0.1, -0.05) is 31.0 Å². The van der Waals surface area contributed by atoms with E-state index >= 15 is 0 Å². The summed E-state index contributed by atoms with van der Waals surface area (Å²) in [6.07, 6.45) is 8.60. The first kappa shape index (κ1) is 13.6. The molecule has 2 fully saturated rings. The minimum absolute atomic E-state index is 0.195. The van der Waals surface area contributed by atoms with Gasteiger partial charge in [0.05, 0.1) is 12.2 Å². The van der Waals surface area contributed by atoms with Gasteiger partial charge >= 0.3 is 0 Å². The Kier molecular flexibility index (Phi) is 3.64. The first-order chi connectivity index (χ1) is 10.3. The van der Waals surface area contributed by atoms with Gasteiger partial charge in [-0.25, -0.2) is 0 Å². The van der Waals surface area contributed by atoms with E-state index in [2.05, 4.69) is 29.6 Å². The van der Waals surface area contributed by atoms with Crippen molar-refractivity contribution < 1.29 is 9.47 Å². The first-order valence-corrected chi connectivity index (χ1v) is 8.46. The molecule has 21 heavy (non-hydrogen) atoms. The summed E-state index contributed by atoms with van der Waals surface area (Å²) in [4.78, 5) is 0. The monoisotopic (exact) mass is 287 g/mol. The molecule has 1 N–H and O–H groups in total. The van der Waals surface area contributed by atoms with E-state index in [1.165, 1.54) is 37.7 Å². The Morgan fingerprint density at radius 2 is 1.90 bits per heavy atom. The molecule has 1 saturated heterocycles. The van der Waals surface area contributed by atoms with Crippen LogP contribution in [0.15, 0.2) is 24.3 Å². The van der Waals surface area contributed by atoms with Crippen LogP contribution in [0.4, 0.5) is 0 Å². The summed E-state index contributed by atoms with van der Waals surface area (Å²) in [5.41, 5.74) is 1.52. The molecule has 1 aromatic carbocycles. The van der Waals surface area contributed by atoms with Crippen LogP contribution in [0.1, 0.15) is 56.6 Å². The quantitative estimate of drug-likeness (QED) is 0.901. The molecule has 1 aromatic rings. The third kappa shape index (κ3) is 2.69. The molecule has 2 heterocycles. The van der Waals surface area contributed by atoms with E-state index in [9.17, 15) is 0 Å². The van der Waals surface area contributed by atoms with Crippen molar-refractivity contribution in [3.8, 4) is 5.75 Å². The van der Waals surface area contributed by atoms with Crippen molar-refractivity contribution in [3.63, 3.8) is 0 Å². The van der Waals surface area contributed by atoms with Crippen molar-refractivity contribution in [2.24, 2.45) is 0 Å². The Balaban J connectivity index is 1.46. The fourth-order valence-electron chi connectivity index (χ4n) is 4.34. The summed E-state index contributed by atoms with van der Waals surface area (Å²) in [6.45, 7) is 1.74. The van der Waals surface area contributed by atoms with Crippen LogP contribution in [0.3, 0.4) is 0 Å². The number of ether oxygens (including phenoxy) is 2. The van der Waals surface area contributed by atoms with Crippen LogP contribution in [0, 0.1) is 0 Å². The molecule has 3 heteroatoms. The van der Waals surface area contributed by atoms with E-state index in [0.29, 0.717) is 12.1 Å². The van der Waals surface area contributed by atoms with Gasteiger partial charge in [0.25, 0.3) is 0 Å². The molecular weight excluding hydrogens is 262 g/mol. The molecule has 0 aromatic heterocycles. The van der Waals surface area contributed by atoms with Crippen LogP contribution in [-0.4, -0.2) is 24.9 Å². The summed E-state index contributed by atoms with van der Waals surface area (Å²) < 4.78 is 11.9. The van der Waals surface area contributed by atoms with Gasteiger partial charge in [0.2, 0.25) is 0 Å². The zero-order valence-corrected chi connectivity index (χ0v) is 12.6. The van der Waals surface area contributed by atoms with Crippen LogP contribution >= 0.6 is 0 Å². The Hall–Kier alpha value is -1.06. The molecule has 2 atom stereocenters. The van der Waals surface area contributed by atoms with Crippen molar-refractivity contribution in [1.82, 2.24) is 5.32 Å². The molecule has 2 unspecified atom stereocenters. The molecule has 114 valence electrons.